The topological polar surface area (TPSA) is 63.6 Å². The van der Waals surface area contributed by atoms with Crippen molar-refractivity contribution in [2.45, 2.75) is 6.92 Å². The van der Waals surface area contributed by atoms with Crippen LogP contribution in [0.2, 0.25) is 0 Å². The Morgan fingerprint density at radius 2 is 1.64 bits per heavy atom. The van der Waals surface area contributed by atoms with Crippen molar-refractivity contribution in [3.05, 3.63) is 0 Å². The van der Waals surface area contributed by atoms with E-state index in [9.17, 15) is 9.00 Å². The second-order valence-corrected chi connectivity index (χ2v) is 14.7. The van der Waals surface area contributed by atoms with Crippen LogP contribution in [0.25, 0.3) is 0 Å². The molecule has 0 bridgehead atoms. The molecule has 25 heavy (non-hydrogen) atoms. The van der Waals surface area contributed by atoms with Gasteiger partial charge in [-0.05, 0) is 5.75 Å². The van der Waals surface area contributed by atoms with E-state index >= 15 is 0 Å². The number of carbonyl (C=O) groups excluding carboxylic acids is 1. The summed E-state index contributed by atoms with van der Waals surface area (Å²) in [7, 11) is -0.674. The first-order valence-corrected chi connectivity index (χ1v) is 16.9. The van der Waals surface area contributed by atoms with Gasteiger partial charge in [0.1, 0.15) is 5.94 Å². The van der Waals surface area contributed by atoms with E-state index in [0.29, 0.717) is 11.7 Å². The van der Waals surface area contributed by atoms with E-state index in [1.807, 2.05) is 35.3 Å². The molecular weight excluding hydrogens is 477 g/mol. The fraction of sp³-hybridized carbons (Fsp3) is 0.923. The molecule has 0 aromatic rings. The van der Waals surface area contributed by atoms with E-state index in [0.717, 1.165) is 42.7 Å². The van der Waals surface area contributed by atoms with E-state index in [-0.39, 0.29) is 11.9 Å². The van der Waals surface area contributed by atoms with Crippen molar-refractivity contribution >= 4 is 99.1 Å². The zero-order valence-electron chi connectivity index (χ0n) is 14.2. The molecule has 1 N–H and O–H groups in total. The maximum absolute atomic E-state index is 11.6. The summed E-state index contributed by atoms with van der Waals surface area (Å²) in [6.45, 7) is 2.09. The summed E-state index contributed by atoms with van der Waals surface area (Å²) in [6.07, 6.45) is 0. The lowest BCUT2D eigenvalue weighted by Gasteiger charge is -2.05. The molecule has 0 radical (unpaired) electrons. The first-order chi connectivity index (χ1) is 12.2. The van der Waals surface area contributed by atoms with E-state index in [1.165, 1.54) is 23.5 Å². The highest BCUT2D eigenvalue weighted by molar-refractivity contribution is 8.26. The lowest BCUT2D eigenvalue weighted by atomic mass is 10.8. The molecule has 1 atom stereocenters. The lowest BCUT2D eigenvalue weighted by molar-refractivity contribution is -0.138. The van der Waals surface area contributed by atoms with Crippen LogP contribution in [0.1, 0.15) is 6.92 Å². The summed E-state index contributed by atoms with van der Waals surface area (Å²) in [5, 5.41) is 13.0. The predicted molar refractivity (Wildman–Crippen MR) is 129 cm³/mol. The summed E-state index contributed by atoms with van der Waals surface area (Å²) in [6, 6.07) is 0. The summed E-state index contributed by atoms with van der Waals surface area (Å²) in [5.41, 5.74) is 0. The minimum Gasteiger partial charge on any atom is -0.454 e. The Hall–Kier alpha value is 2.03. The standard InChI is InChI=1S/C13H26O4S8/c1-2-18-12-25(16)4-3-19-8-23-11-24-9-20-5-13(15)17-7-22-10-21-6-14/h14H,2-12H2,1H3. The fourth-order valence-corrected chi connectivity index (χ4v) is 9.69. The number of hydrogen-bond donors (Lipinski definition) is 1. The minimum absolute atomic E-state index is 0.0994. The molecule has 0 spiro atoms. The van der Waals surface area contributed by atoms with Gasteiger partial charge in [0.25, 0.3) is 0 Å². The Morgan fingerprint density at radius 3 is 2.36 bits per heavy atom. The lowest BCUT2D eigenvalue weighted by Crippen LogP contribution is -2.07. The molecule has 0 saturated carbocycles. The number of hydrogen-bond acceptors (Lipinski definition) is 11. The SMILES string of the molecule is CCSCS(=O)CCSCSCSCSCC(=O)OCSCSCO. The Labute approximate surface area is 183 Å². The van der Waals surface area contributed by atoms with Gasteiger partial charge in [0, 0.05) is 42.6 Å². The number of aliphatic hydroxyl groups excluding tert-OH is 1. The number of esters is 1. The number of carbonyl (C=O) groups is 1. The molecule has 0 aliphatic rings. The molecule has 12 heteroatoms. The van der Waals surface area contributed by atoms with Gasteiger partial charge >= 0.3 is 5.97 Å². The fourth-order valence-electron chi connectivity index (χ4n) is 1.10. The van der Waals surface area contributed by atoms with Crippen LogP contribution < -0.4 is 0 Å². The molecule has 1 unspecified atom stereocenters. The molecule has 0 aliphatic heterocycles. The summed E-state index contributed by atoms with van der Waals surface area (Å²) in [5.74, 6) is 3.46. The predicted octanol–water partition coefficient (Wildman–Crippen LogP) is 4.13. The van der Waals surface area contributed by atoms with E-state index in [1.54, 1.807) is 23.5 Å². The quantitative estimate of drug-likeness (QED) is 0.158. The van der Waals surface area contributed by atoms with Crippen molar-refractivity contribution in [2.75, 3.05) is 60.3 Å². The first kappa shape index (κ1) is 27.0. The molecular formula is C13H26O4S8. The van der Waals surface area contributed by atoms with Crippen LogP contribution >= 0.6 is 82.3 Å². The Balaban J connectivity index is 3.20. The molecule has 0 aromatic heterocycles. The third-order valence-corrected chi connectivity index (χ3v) is 11.9. The summed E-state index contributed by atoms with van der Waals surface area (Å²) in [4.78, 5) is 11.4. The highest BCUT2D eigenvalue weighted by Gasteiger charge is 2.03. The van der Waals surface area contributed by atoms with Gasteiger partial charge in [-0.15, -0.1) is 70.6 Å². The van der Waals surface area contributed by atoms with Gasteiger partial charge in [-0.2, -0.15) is 11.8 Å². The molecule has 150 valence electrons. The van der Waals surface area contributed by atoms with E-state index in [4.69, 9.17) is 9.84 Å². The molecule has 0 aromatic carbocycles. The Kier molecular flexibility index (Phi) is 24.1. The smallest absolute Gasteiger partial charge is 0.316 e. The van der Waals surface area contributed by atoms with Crippen LogP contribution in [0.15, 0.2) is 0 Å². The first-order valence-electron chi connectivity index (χ1n) is 7.36. The van der Waals surface area contributed by atoms with Crippen LogP contribution in [0, 0.1) is 0 Å². The van der Waals surface area contributed by atoms with Crippen molar-refractivity contribution in [1.82, 2.24) is 0 Å². The normalized spacial score (nSPS) is 12.2. The highest BCUT2D eigenvalue weighted by atomic mass is 32.3. The van der Waals surface area contributed by atoms with Gasteiger partial charge in [-0.3, -0.25) is 9.00 Å². The third-order valence-electron chi connectivity index (χ3n) is 2.16. The monoisotopic (exact) mass is 502 g/mol. The second kappa shape index (κ2) is 22.3. The Bertz CT molecular complexity index is 335. The van der Waals surface area contributed by atoms with Gasteiger partial charge in [-0.1, -0.05) is 6.92 Å². The number of ether oxygens (including phenoxy) is 1. The van der Waals surface area contributed by atoms with Gasteiger partial charge in [0.15, 0.2) is 0 Å². The van der Waals surface area contributed by atoms with Gasteiger partial charge in [0.05, 0.1) is 16.8 Å². The molecule has 0 rings (SSSR count). The summed E-state index contributed by atoms with van der Waals surface area (Å²) >= 11 is 11.7. The maximum atomic E-state index is 11.6. The van der Waals surface area contributed by atoms with Gasteiger partial charge in [0.2, 0.25) is 0 Å². The van der Waals surface area contributed by atoms with Crippen molar-refractivity contribution < 1.29 is 18.8 Å². The molecule has 4 nitrogen and oxygen atoms in total. The van der Waals surface area contributed by atoms with Crippen LogP contribution in [-0.4, -0.2) is 75.6 Å². The third kappa shape index (κ3) is 22.2. The number of rotatable bonds is 19. The molecule has 0 fully saturated rings. The van der Waals surface area contributed by atoms with Gasteiger partial charge < -0.3 is 9.84 Å². The van der Waals surface area contributed by atoms with Crippen molar-refractivity contribution in [3.8, 4) is 0 Å². The molecule has 0 saturated heterocycles. The van der Waals surface area contributed by atoms with E-state index < -0.39 is 10.8 Å². The van der Waals surface area contributed by atoms with Crippen LogP contribution in [0.5, 0.6) is 0 Å². The maximum Gasteiger partial charge on any atom is 0.316 e. The Morgan fingerprint density at radius 1 is 0.960 bits per heavy atom. The molecule has 0 aliphatic carbocycles. The van der Waals surface area contributed by atoms with Crippen molar-refractivity contribution in [2.24, 2.45) is 0 Å². The van der Waals surface area contributed by atoms with E-state index in [2.05, 4.69) is 6.92 Å². The minimum atomic E-state index is -0.674. The number of aliphatic hydroxyl groups is 1. The molecule has 0 heterocycles. The van der Waals surface area contributed by atoms with Gasteiger partial charge in [-0.25, -0.2) is 0 Å². The van der Waals surface area contributed by atoms with Crippen LogP contribution in [0.4, 0.5) is 0 Å². The molecule has 0 amide bonds. The van der Waals surface area contributed by atoms with Crippen molar-refractivity contribution in [3.63, 3.8) is 0 Å². The van der Waals surface area contributed by atoms with Crippen LogP contribution in [-0.2, 0) is 20.3 Å². The van der Waals surface area contributed by atoms with Crippen LogP contribution in [0.3, 0.4) is 0 Å². The largest absolute Gasteiger partial charge is 0.454 e. The van der Waals surface area contributed by atoms with Crippen molar-refractivity contribution in [1.29, 1.82) is 0 Å². The highest BCUT2D eigenvalue weighted by Crippen LogP contribution is 2.21. The zero-order valence-corrected chi connectivity index (χ0v) is 20.7. The summed E-state index contributed by atoms with van der Waals surface area (Å²) < 4.78 is 16.7. The number of thioether (sulfide) groups is 7. The second-order valence-electron chi connectivity index (χ2n) is 4.06. The zero-order chi connectivity index (χ0) is 18.6. The average Bonchev–Trinajstić information content (AvgIpc) is 2.61. The average molecular weight is 503 g/mol.